The number of carbonyl (C=O) groups excluding carboxylic acids is 1. The van der Waals surface area contributed by atoms with Crippen molar-refractivity contribution in [3.63, 3.8) is 0 Å². The Hall–Kier alpha value is -1.00. The van der Waals surface area contributed by atoms with E-state index in [0.717, 1.165) is 12.8 Å². The summed E-state index contributed by atoms with van der Waals surface area (Å²) in [5, 5.41) is 0.0947. The standard InChI is InChI=1S/C19H29NO2S/c1-7-13-19(6,15-11-9-8-10-12-15)23-16(21)20-17(2,3)14-22-18(20,4)5/h8-12H,7,13-14H2,1-6H3/t19-/m1/s1. The molecule has 3 nitrogen and oxygen atoms in total. The predicted molar refractivity (Wildman–Crippen MR) is 97.6 cm³/mol. The molecule has 0 spiro atoms. The first-order valence-corrected chi connectivity index (χ1v) is 9.17. The molecule has 0 aromatic heterocycles. The number of ether oxygens (including phenoxy) is 1. The van der Waals surface area contributed by atoms with Crippen molar-refractivity contribution in [3.05, 3.63) is 35.9 Å². The van der Waals surface area contributed by atoms with E-state index >= 15 is 0 Å². The fraction of sp³-hybridized carbons (Fsp3) is 0.632. The van der Waals surface area contributed by atoms with Crippen LogP contribution in [0.2, 0.25) is 0 Å². The highest BCUT2D eigenvalue weighted by Gasteiger charge is 2.50. The Bertz CT molecular complexity index is 540. The van der Waals surface area contributed by atoms with Gasteiger partial charge in [0.1, 0.15) is 5.72 Å². The van der Waals surface area contributed by atoms with Gasteiger partial charge in [0.15, 0.2) is 0 Å². The highest BCUT2D eigenvalue weighted by Crippen LogP contribution is 2.45. The molecule has 0 unspecified atom stereocenters. The van der Waals surface area contributed by atoms with Crippen LogP contribution in [-0.2, 0) is 9.48 Å². The summed E-state index contributed by atoms with van der Waals surface area (Å²) in [5.41, 5.74) is 0.366. The van der Waals surface area contributed by atoms with Gasteiger partial charge >= 0.3 is 0 Å². The number of rotatable bonds is 4. The number of hydrogen-bond acceptors (Lipinski definition) is 3. The van der Waals surface area contributed by atoms with E-state index in [1.165, 1.54) is 17.3 Å². The normalized spacial score (nSPS) is 21.9. The Kier molecular flexibility index (Phi) is 5.17. The molecule has 1 aromatic carbocycles. The second-order valence-corrected chi connectivity index (χ2v) is 9.05. The van der Waals surface area contributed by atoms with Crippen molar-refractivity contribution in [2.24, 2.45) is 0 Å². The van der Waals surface area contributed by atoms with Crippen molar-refractivity contribution in [1.82, 2.24) is 4.90 Å². The van der Waals surface area contributed by atoms with Gasteiger partial charge in [-0.15, -0.1) is 0 Å². The van der Waals surface area contributed by atoms with E-state index in [1.54, 1.807) is 0 Å². The predicted octanol–water partition coefficient (Wildman–Crippen LogP) is 5.40. The van der Waals surface area contributed by atoms with Gasteiger partial charge < -0.3 is 4.74 Å². The van der Waals surface area contributed by atoms with E-state index in [9.17, 15) is 4.79 Å². The third-order valence-corrected chi connectivity index (χ3v) is 5.78. The lowest BCUT2D eigenvalue weighted by molar-refractivity contribution is -0.0298. The Morgan fingerprint density at radius 3 is 2.35 bits per heavy atom. The maximum absolute atomic E-state index is 13.1. The fourth-order valence-electron chi connectivity index (χ4n) is 3.44. The molecule has 1 amide bonds. The Morgan fingerprint density at radius 2 is 1.87 bits per heavy atom. The number of carbonyl (C=O) groups is 1. The summed E-state index contributed by atoms with van der Waals surface area (Å²) in [4.78, 5) is 15.1. The Balaban J connectivity index is 2.28. The Morgan fingerprint density at radius 1 is 1.26 bits per heavy atom. The van der Waals surface area contributed by atoms with Gasteiger partial charge in [-0.2, -0.15) is 0 Å². The smallest absolute Gasteiger partial charge is 0.285 e. The highest BCUT2D eigenvalue weighted by molar-refractivity contribution is 8.14. The number of nitrogens with zero attached hydrogens (tertiary/aromatic N) is 1. The molecule has 0 aliphatic carbocycles. The largest absolute Gasteiger partial charge is 0.354 e. The first-order chi connectivity index (χ1) is 10.6. The highest BCUT2D eigenvalue weighted by atomic mass is 32.2. The first kappa shape index (κ1) is 18.3. The quantitative estimate of drug-likeness (QED) is 0.737. The van der Waals surface area contributed by atoms with Crippen molar-refractivity contribution < 1.29 is 9.53 Å². The molecule has 1 aliphatic heterocycles. The molecule has 1 aromatic rings. The SMILES string of the molecule is CCC[C@@](C)(SC(=O)N1C(C)(C)COC1(C)C)c1ccccc1. The minimum Gasteiger partial charge on any atom is -0.354 e. The summed E-state index contributed by atoms with van der Waals surface area (Å²) in [6.07, 6.45) is 2.00. The van der Waals surface area contributed by atoms with Crippen LogP contribution < -0.4 is 0 Å². The maximum atomic E-state index is 13.1. The summed E-state index contributed by atoms with van der Waals surface area (Å²) < 4.78 is 5.64. The zero-order chi connectivity index (χ0) is 17.3. The molecule has 0 bridgehead atoms. The molecule has 1 fully saturated rings. The molecule has 1 saturated heterocycles. The zero-order valence-electron chi connectivity index (χ0n) is 15.2. The zero-order valence-corrected chi connectivity index (χ0v) is 16.0. The van der Waals surface area contributed by atoms with Gasteiger partial charge in [-0.1, -0.05) is 55.4 Å². The average Bonchev–Trinajstić information content (AvgIpc) is 2.68. The molecule has 0 radical (unpaired) electrons. The molecule has 2 rings (SSSR count). The van der Waals surface area contributed by atoms with Crippen LogP contribution in [0.15, 0.2) is 30.3 Å². The van der Waals surface area contributed by atoms with Crippen LogP contribution in [0.4, 0.5) is 4.79 Å². The molecule has 1 heterocycles. The first-order valence-electron chi connectivity index (χ1n) is 8.35. The molecule has 1 atom stereocenters. The van der Waals surface area contributed by atoms with Gasteiger partial charge in [-0.25, -0.2) is 0 Å². The van der Waals surface area contributed by atoms with E-state index in [0.29, 0.717) is 6.61 Å². The number of benzene rings is 1. The summed E-state index contributed by atoms with van der Waals surface area (Å²) in [7, 11) is 0. The molecule has 0 saturated carbocycles. The van der Waals surface area contributed by atoms with Crippen molar-refractivity contribution in [2.75, 3.05) is 6.61 Å². The summed E-state index contributed by atoms with van der Waals surface area (Å²) in [6.45, 7) is 13.0. The third kappa shape index (κ3) is 3.74. The van der Waals surface area contributed by atoms with Gasteiger partial charge in [0.25, 0.3) is 5.24 Å². The van der Waals surface area contributed by atoms with Gasteiger partial charge in [-0.05, 0) is 46.6 Å². The molecule has 128 valence electrons. The minimum absolute atomic E-state index is 0.0947. The van der Waals surface area contributed by atoms with Gasteiger partial charge in [0.05, 0.1) is 12.1 Å². The van der Waals surface area contributed by atoms with E-state index in [2.05, 4.69) is 39.8 Å². The molecule has 1 aliphatic rings. The topological polar surface area (TPSA) is 29.5 Å². The van der Waals surface area contributed by atoms with Gasteiger partial charge in [0.2, 0.25) is 0 Å². The second-order valence-electron chi connectivity index (χ2n) is 7.60. The molecular formula is C19H29NO2S. The van der Waals surface area contributed by atoms with Gasteiger partial charge in [-0.3, -0.25) is 9.69 Å². The number of thioether (sulfide) groups is 1. The molecule has 23 heavy (non-hydrogen) atoms. The van der Waals surface area contributed by atoms with Crippen molar-refractivity contribution >= 4 is 17.0 Å². The van der Waals surface area contributed by atoms with Crippen LogP contribution in [0.5, 0.6) is 0 Å². The van der Waals surface area contributed by atoms with E-state index < -0.39 is 5.72 Å². The van der Waals surface area contributed by atoms with Crippen molar-refractivity contribution in [3.8, 4) is 0 Å². The second kappa shape index (κ2) is 6.48. The summed E-state index contributed by atoms with van der Waals surface area (Å²) >= 11 is 1.43. The molecule has 4 heteroatoms. The van der Waals surface area contributed by atoms with Crippen LogP contribution in [0.3, 0.4) is 0 Å². The lowest BCUT2D eigenvalue weighted by Gasteiger charge is -2.40. The number of hydrogen-bond donors (Lipinski definition) is 0. The molecule has 0 N–H and O–H groups in total. The lowest BCUT2D eigenvalue weighted by atomic mass is 9.95. The lowest BCUT2D eigenvalue weighted by Crippen LogP contribution is -2.51. The third-order valence-electron chi connectivity index (χ3n) is 4.53. The summed E-state index contributed by atoms with van der Waals surface area (Å²) in [6, 6.07) is 10.3. The van der Waals surface area contributed by atoms with E-state index in [-0.39, 0.29) is 15.5 Å². The van der Waals surface area contributed by atoms with Crippen LogP contribution in [0.1, 0.15) is 59.9 Å². The summed E-state index contributed by atoms with van der Waals surface area (Å²) in [5.74, 6) is 0. The number of amides is 1. The fourth-order valence-corrected chi connectivity index (χ4v) is 4.94. The monoisotopic (exact) mass is 335 g/mol. The minimum atomic E-state index is -0.558. The van der Waals surface area contributed by atoms with Crippen LogP contribution in [-0.4, -0.2) is 28.0 Å². The van der Waals surface area contributed by atoms with Gasteiger partial charge in [0, 0.05) is 4.75 Å². The van der Waals surface area contributed by atoms with Crippen LogP contribution in [0.25, 0.3) is 0 Å². The average molecular weight is 336 g/mol. The maximum Gasteiger partial charge on any atom is 0.285 e. The van der Waals surface area contributed by atoms with Crippen molar-refractivity contribution in [2.45, 2.75) is 70.4 Å². The van der Waals surface area contributed by atoms with Crippen LogP contribution in [0, 0.1) is 0 Å². The van der Waals surface area contributed by atoms with Crippen LogP contribution >= 0.6 is 11.8 Å². The molecular weight excluding hydrogens is 306 g/mol. The van der Waals surface area contributed by atoms with Crippen molar-refractivity contribution in [1.29, 1.82) is 0 Å². The Labute approximate surface area is 144 Å². The van der Waals surface area contributed by atoms with E-state index in [1.807, 2.05) is 36.9 Å². The van der Waals surface area contributed by atoms with E-state index in [4.69, 9.17) is 4.74 Å².